The van der Waals surface area contributed by atoms with Gasteiger partial charge in [-0.3, -0.25) is 4.90 Å². The summed E-state index contributed by atoms with van der Waals surface area (Å²) >= 11 is 0. The van der Waals surface area contributed by atoms with E-state index in [0.717, 1.165) is 5.92 Å². The van der Waals surface area contributed by atoms with Crippen molar-refractivity contribution in [2.24, 2.45) is 5.92 Å². The van der Waals surface area contributed by atoms with Crippen LogP contribution < -0.4 is 0 Å². The summed E-state index contributed by atoms with van der Waals surface area (Å²) in [4.78, 5) is 5.04. The van der Waals surface area contributed by atoms with Crippen LogP contribution in [0.2, 0.25) is 0 Å². The molecule has 1 fully saturated rings. The Hall–Kier alpha value is -0.0800. The zero-order valence-corrected chi connectivity index (χ0v) is 9.80. The third kappa shape index (κ3) is 3.28. The SMILES string of the molecule is CC1CN(C)CCN(C(C)(C)C)C1. The van der Waals surface area contributed by atoms with Crippen molar-refractivity contribution in [2.75, 3.05) is 33.2 Å². The van der Waals surface area contributed by atoms with Crippen LogP contribution in [0.25, 0.3) is 0 Å². The minimum atomic E-state index is 0.333. The van der Waals surface area contributed by atoms with Gasteiger partial charge < -0.3 is 4.90 Å². The van der Waals surface area contributed by atoms with Gasteiger partial charge in [-0.15, -0.1) is 0 Å². The lowest BCUT2D eigenvalue weighted by atomic mass is 10.0. The molecule has 0 spiro atoms. The van der Waals surface area contributed by atoms with Gasteiger partial charge in [0.05, 0.1) is 0 Å². The molecule has 0 bridgehead atoms. The molecule has 0 radical (unpaired) electrons. The zero-order chi connectivity index (χ0) is 10.1. The van der Waals surface area contributed by atoms with Crippen molar-refractivity contribution < 1.29 is 0 Å². The summed E-state index contributed by atoms with van der Waals surface area (Å²) in [6, 6.07) is 0. The lowest BCUT2D eigenvalue weighted by molar-refractivity contribution is 0.131. The number of likely N-dealkylation sites (N-methyl/N-ethyl adjacent to an activating group) is 1. The van der Waals surface area contributed by atoms with Crippen LogP contribution in [0.1, 0.15) is 27.7 Å². The molecule has 1 aliphatic rings. The molecule has 1 aliphatic heterocycles. The van der Waals surface area contributed by atoms with Gasteiger partial charge in [-0.2, -0.15) is 0 Å². The van der Waals surface area contributed by atoms with Gasteiger partial charge >= 0.3 is 0 Å². The first-order valence-corrected chi connectivity index (χ1v) is 5.33. The minimum absolute atomic E-state index is 0.333. The van der Waals surface area contributed by atoms with Crippen molar-refractivity contribution in [3.05, 3.63) is 0 Å². The molecule has 1 heterocycles. The topological polar surface area (TPSA) is 6.48 Å². The Balaban J connectivity index is 2.58. The van der Waals surface area contributed by atoms with E-state index < -0.39 is 0 Å². The number of nitrogens with zero attached hydrogens (tertiary/aromatic N) is 2. The third-order valence-corrected chi connectivity index (χ3v) is 2.86. The Morgan fingerprint density at radius 1 is 1.08 bits per heavy atom. The van der Waals surface area contributed by atoms with Crippen LogP contribution >= 0.6 is 0 Å². The summed E-state index contributed by atoms with van der Waals surface area (Å²) in [6.07, 6.45) is 0. The molecule has 1 atom stereocenters. The van der Waals surface area contributed by atoms with E-state index in [1.165, 1.54) is 26.2 Å². The summed E-state index contributed by atoms with van der Waals surface area (Å²) in [5.41, 5.74) is 0.333. The van der Waals surface area contributed by atoms with Gasteiger partial charge in [0.15, 0.2) is 0 Å². The first-order valence-electron chi connectivity index (χ1n) is 5.33. The fourth-order valence-corrected chi connectivity index (χ4v) is 2.05. The second-order valence-electron chi connectivity index (χ2n) is 5.48. The van der Waals surface area contributed by atoms with Crippen molar-refractivity contribution >= 4 is 0 Å². The van der Waals surface area contributed by atoms with Crippen LogP contribution in [0.4, 0.5) is 0 Å². The minimum Gasteiger partial charge on any atom is -0.305 e. The molecule has 0 aromatic rings. The average molecular weight is 184 g/mol. The highest BCUT2D eigenvalue weighted by atomic mass is 15.2. The van der Waals surface area contributed by atoms with Gasteiger partial charge in [-0.25, -0.2) is 0 Å². The fourth-order valence-electron chi connectivity index (χ4n) is 2.05. The molecule has 2 heteroatoms. The highest BCUT2D eigenvalue weighted by Gasteiger charge is 2.25. The lowest BCUT2D eigenvalue weighted by Gasteiger charge is -2.35. The van der Waals surface area contributed by atoms with Gasteiger partial charge in [-0.1, -0.05) is 6.92 Å². The molecule has 78 valence electrons. The normalized spacial score (nSPS) is 28.8. The van der Waals surface area contributed by atoms with Crippen LogP contribution in [0, 0.1) is 5.92 Å². The van der Waals surface area contributed by atoms with E-state index in [9.17, 15) is 0 Å². The maximum atomic E-state index is 2.60. The van der Waals surface area contributed by atoms with Gasteiger partial charge in [0, 0.05) is 31.7 Å². The summed E-state index contributed by atoms with van der Waals surface area (Å²) in [7, 11) is 2.22. The molecule has 0 aliphatic carbocycles. The fraction of sp³-hybridized carbons (Fsp3) is 1.00. The molecular weight excluding hydrogens is 160 g/mol. The van der Waals surface area contributed by atoms with Crippen molar-refractivity contribution in [3.8, 4) is 0 Å². The monoisotopic (exact) mass is 184 g/mol. The Bertz CT molecular complexity index is 160. The van der Waals surface area contributed by atoms with Crippen LogP contribution in [-0.4, -0.2) is 48.6 Å². The molecule has 0 aromatic carbocycles. The molecule has 13 heavy (non-hydrogen) atoms. The summed E-state index contributed by atoms with van der Waals surface area (Å²) in [6.45, 7) is 14.2. The van der Waals surface area contributed by atoms with E-state index in [4.69, 9.17) is 0 Å². The summed E-state index contributed by atoms with van der Waals surface area (Å²) < 4.78 is 0. The van der Waals surface area contributed by atoms with Gasteiger partial charge in [-0.05, 0) is 33.7 Å². The molecule has 1 saturated heterocycles. The van der Waals surface area contributed by atoms with Crippen molar-refractivity contribution in [2.45, 2.75) is 33.2 Å². The molecule has 0 amide bonds. The molecule has 0 N–H and O–H groups in total. The lowest BCUT2D eigenvalue weighted by Crippen LogP contribution is -2.44. The molecule has 0 saturated carbocycles. The molecule has 2 nitrogen and oxygen atoms in total. The predicted molar refractivity (Wildman–Crippen MR) is 58.0 cm³/mol. The van der Waals surface area contributed by atoms with E-state index in [1.807, 2.05) is 0 Å². The van der Waals surface area contributed by atoms with E-state index in [-0.39, 0.29) is 0 Å². The average Bonchev–Trinajstić information content (AvgIpc) is 2.09. The van der Waals surface area contributed by atoms with Crippen LogP contribution in [0.3, 0.4) is 0 Å². The van der Waals surface area contributed by atoms with Crippen molar-refractivity contribution in [1.82, 2.24) is 9.80 Å². The smallest absolute Gasteiger partial charge is 0.0125 e. The first-order chi connectivity index (χ1) is 5.89. The zero-order valence-electron chi connectivity index (χ0n) is 9.80. The van der Waals surface area contributed by atoms with Crippen molar-refractivity contribution in [3.63, 3.8) is 0 Å². The molecular formula is C11H24N2. The second kappa shape index (κ2) is 3.97. The second-order valence-corrected chi connectivity index (χ2v) is 5.48. The van der Waals surface area contributed by atoms with Crippen LogP contribution in [0.15, 0.2) is 0 Å². The van der Waals surface area contributed by atoms with E-state index in [1.54, 1.807) is 0 Å². The Morgan fingerprint density at radius 2 is 1.69 bits per heavy atom. The van der Waals surface area contributed by atoms with Crippen LogP contribution in [0.5, 0.6) is 0 Å². The van der Waals surface area contributed by atoms with E-state index in [0.29, 0.717) is 5.54 Å². The van der Waals surface area contributed by atoms with Gasteiger partial charge in [0.1, 0.15) is 0 Å². The standard InChI is InChI=1S/C11H24N2/c1-10-8-12(5)6-7-13(9-10)11(2,3)4/h10H,6-9H2,1-5H3. The number of rotatable bonds is 0. The quantitative estimate of drug-likeness (QED) is 0.565. The number of hydrogen-bond donors (Lipinski definition) is 0. The van der Waals surface area contributed by atoms with Gasteiger partial charge in [0.2, 0.25) is 0 Å². The summed E-state index contributed by atoms with van der Waals surface area (Å²) in [5.74, 6) is 0.798. The Kier molecular flexibility index (Phi) is 3.36. The van der Waals surface area contributed by atoms with Gasteiger partial charge in [0.25, 0.3) is 0 Å². The maximum absolute atomic E-state index is 2.60. The number of hydrogen-bond acceptors (Lipinski definition) is 2. The third-order valence-electron chi connectivity index (χ3n) is 2.86. The van der Waals surface area contributed by atoms with E-state index in [2.05, 4.69) is 44.5 Å². The largest absolute Gasteiger partial charge is 0.305 e. The summed E-state index contributed by atoms with van der Waals surface area (Å²) in [5, 5.41) is 0. The van der Waals surface area contributed by atoms with Crippen LogP contribution in [-0.2, 0) is 0 Å². The predicted octanol–water partition coefficient (Wildman–Crippen LogP) is 1.67. The highest BCUT2D eigenvalue weighted by Crippen LogP contribution is 2.17. The molecule has 1 unspecified atom stereocenters. The van der Waals surface area contributed by atoms with Crippen molar-refractivity contribution in [1.29, 1.82) is 0 Å². The first kappa shape index (κ1) is 11.0. The van der Waals surface area contributed by atoms with E-state index >= 15 is 0 Å². The highest BCUT2D eigenvalue weighted by molar-refractivity contribution is 4.81. The molecule has 0 aromatic heterocycles. The Morgan fingerprint density at radius 3 is 2.23 bits per heavy atom. The maximum Gasteiger partial charge on any atom is 0.0125 e. The molecule has 1 rings (SSSR count). The Labute approximate surface area is 82.9 Å².